The van der Waals surface area contributed by atoms with Crippen LogP contribution < -0.4 is 5.32 Å². The molecule has 5 nitrogen and oxygen atoms in total. The number of nitrogens with zero attached hydrogens (tertiary/aromatic N) is 1. The summed E-state index contributed by atoms with van der Waals surface area (Å²) in [4.78, 5) is 18.0. The molecule has 0 saturated heterocycles. The molecule has 0 fully saturated rings. The second-order valence-electron chi connectivity index (χ2n) is 5.16. The number of H-pyrrole nitrogens is 1. The van der Waals surface area contributed by atoms with Crippen LogP contribution in [-0.2, 0) is 16.0 Å². The number of fused-ring (bicyclic) bond motifs is 1. The van der Waals surface area contributed by atoms with Gasteiger partial charge >= 0.3 is 0 Å². The number of amides is 1. The maximum atomic E-state index is 11.2. The summed E-state index contributed by atoms with van der Waals surface area (Å²) in [5, 5.41) is 3.83. The van der Waals surface area contributed by atoms with Gasteiger partial charge in [-0.25, -0.2) is 0 Å². The number of carbonyl (C=O) groups excluding carboxylic acids is 1. The number of anilines is 1. The third-order valence-electron chi connectivity index (χ3n) is 3.30. The molecule has 0 aliphatic heterocycles. The summed E-state index contributed by atoms with van der Waals surface area (Å²) >= 11 is 0. The Morgan fingerprint density at radius 2 is 2.26 bits per heavy atom. The highest BCUT2D eigenvalue weighted by molar-refractivity contribution is 6.01. The summed E-state index contributed by atoms with van der Waals surface area (Å²) in [7, 11) is 0. The predicted octanol–water partition coefficient (Wildman–Crippen LogP) is 3.80. The fourth-order valence-corrected chi connectivity index (χ4v) is 2.23. The smallest absolute Gasteiger partial charge is 0.221 e. The minimum absolute atomic E-state index is 0.0810. The van der Waals surface area contributed by atoms with Gasteiger partial charge < -0.3 is 15.0 Å². The van der Waals surface area contributed by atoms with E-state index in [1.807, 2.05) is 19.1 Å². The number of ether oxygens (including phenoxy) is 1. The number of hydrogen-bond donors (Lipinski definition) is 2. The van der Waals surface area contributed by atoms with Gasteiger partial charge in [-0.3, -0.25) is 9.79 Å². The fraction of sp³-hybridized carbons (Fsp3) is 0.222. The van der Waals surface area contributed by atoms with Crippen LogP contribution in [0.5, 0.6) is 0 Å². The first-order chi connectivity index (χ1) is 11.1. The molecular weight excluding hydrogens is 290 g/mol. The molecule has 0 atom stereocenters. The minimum Gasteiger partial charge on any atom is -0.498 e. The average molecular weight is 311 g/mol. The zero-order chi connectivity index (χ0) is 16.7. The number of aliphatic imine (C=N–C) groups is 1. The van der Waals surface area contributed by atoms with Crippen LogP contribution in [0, 0.1) is 0 Å². The van der Waals surface area contributed by atoms with Gasteiger partial charge in [0.05, 0.1) is 18.1 Å². The molecule has 0 spiro atoms. The van der Waals surface area contributed by atoms with Gasteiger partial charge in [-0.1, -0.05) is 6.07 Å². The number of aromatic nitrogens is 1. The Morgan fingerprint density at radius 1 is 1.43 bits per heavy atom. The van der Waals surface area contributed by atoms with E-state index in [0.717, 1.165) is 34.3 Å². The van der Waals surface area contributed by atoms with Gasteiger partial charge in [0.2, 0.25) is 5.91 Å². The molecule has 0 aliphatic rings. The largest absolute Gasteiger partial charge is 0.498 e. The first-order valence-electron chi connectivity index (χ1n) is 7.40. The molecular formula is C18H21N3O2. The number of carbonyl (C=O) groups is 1. The van der Waals surface area contributed by atoms with Crippen molar-refractivity contribution in [2.75, 3.05) is 11.9 Å². The molecule has 0 saturated carbocycles. The molecule has 1 aromatic carbocycles. The Bertz CT molecular complexity index is 757. The monoisotopic (exact) mass is 311 g/mol. The van der Waals surface area contributed by atoms with E-state index < -0.39 is 0 Å². The number of allylic oxidation sites excluding steroid dienone is 3. The maximum Gasteiger partial charge on any atom is 0.221 e. The van der Waals surface area contributed by atoms with E-state index >= 15 is 0 Å². The van der Waals surface area contributed by atoms with Gasteiger partial charge in [0.15, 0.2) is 0 Å². The summed E-state index contributed by atoms with van der Waals surface area (Å²) in [6.45, 7) is 7.36. The molecule has 0 bridgehead atoms. The molecule has 1 amide bonds. The minimum atomic E-state index is -0.0810. The van der Waals surface area contributed by atoms with Crippen molar-refractivity contribution in [1.82, 2.24) is 4.98 Å². The van der Waals surface area contributed by atoms with Crippen molar-refractivity contribution in [3.63, 3.8) is 0 Å². The molecule has 0 aliphatic carbocycles. The molecule has 0 unspecified atom stereocenters. The van der Waals surface area contributed by atoms with Crippen LogP contribution >= 0.6 is 0 Å². The van der Waals surface area contributed by atoms with Gasteiger partial charge in [0.1, 0.15) is 0 Å². The lowest BCUT2D eigenvalue weighted by Crippen LogP contribution is -2.05. The van der Waals surface area contributed by atoms with Gasteiger partial charge in [-0.15, -0.1) is 0 Å². The van der Waals surface area contributed by atoms with E-state index in [0.29, 0.717) is 6.61 Å². The van der Waals surface area contributed by atoms with E-state index in [1.54, 1.807) is 18.5 Å². The molecule has 2 rings (SSSR count). The van der Waals surface area contributed by atoms with Crippen molar-refractivity contribution in [2.45, 2.75) is 20.3 Å². The molecule has 2 N–H and O–H groups in total. The number of nitrogens with one attached hydrogen (secondary N) is 2. The van der Waals surface area contributed by atoms with Crippen LogP contribution in [-0.4, -0.2) is 24.2 Å². The quantitative estimate of drug-likeness (QED) is 0.464. The highest BCUT2D eigenvalue weighted by Gasteiger charge is 2.06. The van der Waals surface area contributed by atoms with Gasteiger partial charge in [0, 0.05) is 36.6 Å². The highest BCUT2D eigenvalue weighted by atomic mass is 16.5. The summed E-state index contributed by atoms with van der Waals surface area (Å²) in [5.41, 5.74) is 2.95. The van der Waals surface area contributed by atoms with Crippen molar-refractivity contribution >= 4 is 29.2 Å². The SMILES string of the molecule is C=N/C=C\C=C(/C)OCCc1ccc2[nH]cc(NC(C)=O)c2c1. The Balaban J connectivity index is 2.00. The van der Waals surface area contributed by atoms with Crippen molar-refractivity contribution in [2.24, 2.45) is 4.99 Å². The average Bonchev–Trinajstić information content (AvgIpc) is 2.89. The van der Waals surface area contributed by atoms with Crippen LogP contribution in [0.25, 0.3) is 10.9 Å². The third-order valence-corrected chi connectivity index (χ3v) is 3.30. The Hall–Kier alpha value is -2.82. The normalized spacial score (nSPS) is 11.8. The Morgan fingerprint density at radius 3 is 3.00 bits per heavy atom. The van der Waals surface area contributed by atoms with Crippen molar-refractivity contribution in [1.29, 1.82) is 0 Å². The second-order valence-corrected chi connectivity index (χ2v) is 5.16. The fourth-order valence-electron chi connectivity index (χ4n) is 2.23. The molecule has 5 heteroatoms. The van der Waals surface area contributed by atoms with Crippen molar-refractivity contribution in [3.8, 4) is 0 Å². The standard InChI is InChI=1S/C18H21N3O2/c1-13(5-4-9-19-3)23-10-8-15-6-7-17-16(11-15)18(12-20-17)21-14(2)22/h4-7,9,11-12,20H,3,8,10H2,1-2H3,(H,21,22)/b9-4-,13-5+. The van der Waals surface area contributed by atoms with Crippen LogP contribution in [0.4, 0.5) is 5.69 Å². The van der Waals surface area contributed by atoms with Crippen molar-refractivity contribution in [3.05, 3.63) is 54.1 Å². The van der Waals surface area contributed by atoms with Crippen LogP contribution in [0.3, 0.4) is 0 Å². The summed E-state index contributed by atoms with van der Waals surface area (Å²) < 4.78 is 5.65. The maximum absolute atomic E-state index is 11.2. The van der Waals surface area contributed by atoms with Crippen LogP contribution in [0.2, 0.25) is 0 Å². The van der Waals surface area contributed by atoms with E-state index in [4.69, 9.17) is 4.74 Å². The molecule has 2 aromatic rings. The van der Waals surface area contributed by atoms with Crippen LogP contribution in [0.1, 0.15) is 19.4 Å². The van der Waals surface area contributed by atoms with Crippen LogP contribution in [0.15, 0.2) is 53.5 Å². The molecule has 1 aromatic heterocycles. The highest BCUT2D eigenvalue weighted by Crippen LogP contribution is 2.24. The Kier molecular flexibility index (Phi) is 5.74. The van der Waals surface area contributed by atoms with E-state index in [9.17, 15) is 4.79 Å². The zero-order valence-corrected chi connectivity index (χ0v) is 13.4. The molecule has 0 radical (unpaired) electrons. The summed E-state index contributed by atoms with van der Waals surface area (Å²) in [5.74, 6) is 0.744. The molecule has 1 heterocycles. The lowest BCUT2D eigenvalue weighted by molar-refractivity contribution is -0.114. The first-order valence-corrected chi connectivity index (χ1v) is 7.40. The first kappa shape index (κ1) is 16.5. The second kappa shape index (κ2) is 7.98. The molecule has 23 heavy (non-hydrogen) atoms. The lowest BCUT2D eigenvalue weighted by atomic mass is 10.1. The summed E-state index contributed by atoms with van der Waals surface area (Å²) in [6, 6.07) is 6.14. The predicted molar refractivity (Wildman–Crippen MR) is 94.7 cm³/mol. The topological polar surface area (TPSA) is 66.5 Å². The number of benzene rings is 1. The van der Waals surface area contributed by atoms with E-state index in [2.05, 4.69) is 34.1 Å². The Labute approximate surface area is 135 Å². The molecule has 120 valence electrons. The van der Waals surface area contributed by atoms with E-state index in [1.165, 1.54) is 6.92 Å². The number of hydrogen-bond acceptors (Lipinski definition) is 3. The number of aromatic amines is 1. The number of rotatable bonds is 7. The summed E-state index contributed by atoms with van der Waals surface area (Å²) in [6.07, 6.45) is 7.83. The van der Waals surface area contributed by atoms with E-state index in [-0.39, 0.29) is 5.91 Å². The third kappa shape index (κ3) is 4.85. The van der Waals surface area contributed by atoms with Gasteiger partial charge in [-0.05, 0) is 43.5 Å². The van der Waals surface area contributed by atoms with Crippen molar-refractivity contribution < 1.29 is 9.53 Å². The van der Waals surface area contributed by atoms with Gasteiger partial charge in [0.25, 0.3) is 0 Å². The lowest BCUT2D eigenvalue weighted by Gasteiger charge is -2.07. The van der Waals surface area contributed by atoms with Gasteiger partial charge in [-0.2, -0.15) is 0 Å². The zero-order valence-electron chi connectivity index (χ0n) is 13.4.